The van der Waals surface area contributed by atoms with E-state index < -0.39 is 11.8 Å². The lowest BCUT2D eigenvalue weighted by molar-refractivity contribution is -0.117. The van der Waals surface area contributed by atoms with Gasteiger partial charge in [0.1, 0.15) is 5.57 Å². The molecule has 1 fully saturated rings. The number of ether oxygens (including phenoxy) is 1. The van der Waals surface area contributed by atoms with Gasteiger partial charge in [-0.05, 0) is 83.5 Å². The van der Waals surface area contributed by atoms with E-state index in [1.807, 2.05) is 48.6 Å². The molecule has 0 spiro atoms. The highest BCUT2D eigenvalue weighted by Crippen LogP contribution is 2.33. The van der Waals surface area contributed by atoms with E-state index in [2.05, 4.69) is 5.43 Å². The van der Waals surface area contributed by atoms with Crippen molar-refractivity contribution in [2.24, 2.45) is 0 Å². The Morgan fingerprint density at radius 2 is 1.88 bits per heavy atom. The number of benzene rings is 2. The second-order valence-electron chi connectivity index (χ2n) is 5.96. The van der Waals surface area contributed by atoms with Crippen LogP contribution in [0.1, 0.15) is 16.7 Å². The molecule has 2 N–H and O–H groups in total. The van der Waals surface area contributed by atoms with Gasteiger partial charge in [-0.15, -0.1) is 0 Å². The summed E-state index contributed by atoms with van der Waals surface area (Å²) in [4.78, 5) is 25.0. The maximum Gasteiger partial charge on any atom is 0.282 e. The third-order valence-electron chi connectivity index (χ3n) is 4.22. The van der Waals surface area contributed by atoms with Crippen molar-refractivity contribution in [1.29, 1.82) is 0 Å². The maximum atomic E-state index is 12.7. The Morgan fingerprint density at radius 3 is 2.54 bits per heavy atom. The number of anilines is 1. The van der Waals surface area contributed by atoms with Crippen LogP contribution in [-0.2, 0) is 9.59 Å². The summed E-state index contributed by atoms with van der Waals surface area (Å²) in [5.41, 5.74) is 5.93. The van der Waals surface area contributed by atoms with Crippen LogP contribution in [0.5, 0.6) is 11.5 Å². The minimum Gasteiger partial charge on any atom is -0.504 e. The van der Waals surface area contributed by atoms with E-state index in [-0.39, 0.29) is 17.1 Å². The topological polar surface area (TPSA) is 78.9 Å². The summed E-state index contributed by atoms with van der Waals surface area (Å²) >= 11 is 1.96. The van der Waals surface area contributed by atoms with Crippen LogP contribution < -0.4 is 15.2 Å². The van der Waals surface area contributed by atoms with E-state index in [4.69, 9.17) is 4.74 Å². The van der Waals surface area contributed by atoms with Crippen molar-refractivity contribution in [2.75, 3.05) is 12.1 Å². The van der Waals surface area contributed by atoms with Crippen molar-refractivity contribution in [3.63, 3.8) is 0 Å². The Labute approximate surface area is 164 Å². The van der Waals surface area contributed by atoms with Gasteiger partial charge in [-0.25, -0.2) is 5.01 Å². The smallest absolute Gasteiger partial charge is 0.282 e. The van der Waals surface area contributed by atoms with E-state index >= 15 is 0 Å². The molecule has 6 nitrogen and oxygen atoms in total. The van der Waals surface area contributed by atoms with Gasteiger partial charge in [0.25, 0.3) is 11.8 Å². The normalized spacial score (nSPS) is 15.5. The predicted octanol–water partition coefficient (Wildman–Crippen LogP) is 3.08. The van der Waals surface area contributed by atoms with Gasteiger partial charge in [-0.1, -0.05) is 6.07 Å². The summed E-state index contributed by atoms with van der Waals surface area (Å²) in [5, 5.41) is 11.2. The van der Waals surface area contributed by atoms with Gasteiger partial charge in [-0.3, -0.25) is 15.0 Å². The van der Waals surface area contributed by atoms with Crippen LogP contribution in [0, 0.1) is 17.4 Å². The van der Waals surface area contributed by atoms with Crippen LogP contribution in [0.25, 0.3) is 6.08 Å². The third-order valence-corrected chi connectivity index (χ3v) is 5.04. The first-order chi connectivity index (χ1) is 12.3. The molecule has 0 bridgehead atoms. The van der Waals surface area contributed by atoms with Crippen molar-refractivity contribution in [1.82, 2.24) is 5.43 Å². The number of aromatic hydroxyl groups is 1. The summed E-state index contributed by atoms with van der Waals surface area (Å²) in [5.74, 6) is -0.606. The van der Waals surface area contributed by atoms with Gasteiger partial charge in [0.2, 0.25) is 0 Å². The van der Waals surface area contributed by atoms with Crippen LogP contribution >= 0.6 is 22.6 Å². The number of nitrogens with one attached hydrogen (secondary N) is 1. The van der Waals surface area contributed by atoms with E-state index in [0.29, 0.717) is 14.8 Å². The van der Waals surface area contributed by atoms with Crippen molar-refractivity contribution < 1.29 is 19.4 Å². The quantitative estimate of drug-likeness (QED) is 0.416. The molecule has 0 saturated carbocycles. The van der Waals surface area contributed by atoms with E-state index in [1.54, 1.807) is 18.2 Å². The van der Waals surface area contributed by atoms with Gasteiger partial charge in [-0.2, -0.15) is 0 Å². The average Bonchev–Trinajstić information content (AvgIpc) is 2.88. The van der Waals surface area contributed by atoms with Crippen LogP contribution in [0.4, 0.5) is 5.69 Å². The van der Waals surface area contributed by atoms with E-state index in [0.717, 1.165) is 11.1 Å². The number of phenols is 1. The van der Waals surface area contributed by atoms with E-state index in [9.17, 15) is 14.7 Å². The summed E-state index contributed by atoms with van der Waals surface area (Å²) in [6.45, 7) is 3.93. The number of hydrogen-bond acceptors (Lipinski definition) is 4. The van der Waals surface area contributed by atoms with Gasteiger partial charge >= 0.3 is 0 Å². The van der Waals surface area contributed by atoms with Crippen LogP contribution in [-0.4, -0.2) is 24.0 Å². The molecule has 0 radical (unpaired) electrons. The molecule has 0 atom stereocenters. The summed E-state index contributed by atoms with van der Waals surface area (Å²) < 4.78 is 5.68. The molecule has 7 heteroatoms. The van der Waals surface area contributed by atoms with Gasteiger partial charge < -0.3 is 9.84 Å². The minimum atomic E-state index is -0.477. The molecular formula is C19H17IN2O4. The largest absolute Gasteiger partial charge is 0.504 e. The SMILES string of the molecule is COc1cc(C=C2C(=O)NN(c3ccc(C)c(C)c3)C2=O)cc(I)c1O. The lowest BCUT2D eigenvalue weighted by Gasteiger charge is -2.16. The van der Waals surface area contributed by atoms with Gasteiger partial charge in [0.15, 0.2) is 11.5 Å². The zero-order chi connectivity index (χ0) is 19.0. The standard InChI is InChI=1S/C19H17IN2O4/c1-10-4-5-13(6-11(10)2)22-19(25)14(18(24)21-22)7-12-8-15(20)17(23)16(9-12)26-3/h4-9,23H,1-3H3,(H,21,24). The number of amides is 2. The Bertz CT molecular complexity index is 953. The van der Waals surface area contributed by atoms with Crippen molar-refractivity contribution in [2.45, 2.75) is 13.8 Å². The second kappa shape index (κ2) is 6.99. The Balaban J connectivity index is 1.98. The molecule has 0 aliphatic carbocycles. The zero-order valence-corrected chi connectivity index (χ0v) is 16.6. The Hall–Kier alpha value is -2.55. The number of hydrogen-bond donors (Lipinski definition) is 2. The molecule has 1 saturated heterocycles. The van der Waals surface area contributed by atoms with Crippen LogP contribution in [0.2, 0.25) is 0 Å². The fourth-order valence-electron chi connectivity index (χ4n) is 2.60. The molecule has 26 heavy (non-hydrogen) atoms. The molecule has 1 aliphatic rings. The number of nitrogens with zero attached hydrogens (tertiary/aromatic N) is 1. The lowest BCUT2D eigenvalue weighted by Crippen LogP contribution is -2.35. The minimum absolute atomic E-state index is 0.0202. The molecule has 0 unspecified atom stereocenters. The fraction of sp³-hybridized carbons (Fsp3) is 0.158. The molecule has 2 aromatic carbocycles. The number of carbonyl (C=O) groups is 2. The molecular weight excluding hydrogens is 447 g/mol. The Morgan fingerprint density at radius 1 is 1.15 bits per heavy atom. The zero-order valence-electron chi connectivity index (χ0n) is 14.5. The molecule has 134 valence electrons. The van der Waals surface area contributed by atoms with Crippen LogP contribution in [0.15, 0.2) is 35.9 Å². The number of phenolic OH excluding ortho intramolecular Hbond substituents is 1. The van der Waals surface area contributed by atoms with Crippen LogP contribution in [0.3, 0.4) is 0 Å². The number of carbonyl (C=O) groups excluding carboxylic acids is 2. The van der Waals surface area contributed by atoms with E-state index in [1.165, 1.54) is 18.2 Å². The predicted molar refractivity (Wildman–Crippen MR) is 107 cm³/mol. The molecule has 1 aliphatic heterocycles. The molecule has 1 heterocycles. The monoisotopic (exact) mass is 464 g/mol. The highest BCUT2D eigenvalue weighted by molar-refractivity contribution is 14.1. The number of halogens is 1. The lowest BCUT2D eigenvalue weighted by atomic mass is 10.1. The number of rotatable bonds is 3. The molecule has 3 rings (SSSR count). The molecule has 2 amide bonds. The highest BCUT2D eigenvalue weighted by Gasteiger charge is 2.34. The number of hydrazine groups is 1. The first-order valence-electron chi connectivity index (χ1n) is 7.82. The maximum absolute atomic E-state index is 12.7. The highest BCUT2D eigenvalue weighted by atomic mass is 127. The first kappa shape index (κ1) is 18.2. The van der Waals surface area contributed by atoms with Crippen molar-refractivity contribution in [3.8, 4) is 11.5 Å². The third kappa shape index (κ3) is 3.26. The summed E-state index contributed by atoms with van der Waals surface area (Å²) in [6.07, 6.45) is 1.49. The second-order valence-corrected chi connectivity index (χ2v) is 7.12. The Kier molecular flexibility index (Phi) is 4.90. The first-order valence-corrected chi connectivity index (χ1v) is 8.90. The van der Waals surface area contributed by atoms with Gasteiger partial charge in [0, 0.05) is 0 Å². The number of aryl methyl sites for hydroxylation is 2. The summed E-state index contributed by atoms with van der Waals surface area (Å²) in [6, 6.07) is 8.78. The summed E-state index contributed by atoms with van der Waals surface area (Å²) in [7, 11) is 1.44. The number of methoxy groups -OCH3 is 1. The van der Waals surface area contributed by atoms with Crippen molar-refractivity contribution >= 4 is 46.2 Å². The molecule has 0 aromatic heterocycles. The van der Waals surface area contributed by atoms with Crippen molar-refractivity contribution in [3.05, 3.63) is 56.2 Å². The average molecular weight is 464 g/mol. The molecule has 2 aromatic rings. The fourth-order valence-corrected chi connectivity index (χ4v) is 3.23. The van der Waals surface area contributed by atoms with Gasteiger partial charge in [0.05, 0.1) is 16.4 Å².